The second-order valence-corrected chi connectivity index (χ2v) is 5.63. The highest BCUT2D eigenvalue weighted by Crippen LogP contribution is 2.32. The van der Waals surface area contributed by atoms with Crippen LogP contribution in [0, 0.1) is 0 Å². The van der Waals surface area contributed by atoms with Crippen LogP contribution in [-0.2, 0) is 25.6 Å². The van der Waals surface area contributed by atoms with Gasteiger partial charge in [-0.2, -0.15) is 0 Å². The number of esters is 1. The lowest BCUT2D eigenvalue weighted by atomic mass is 9.99. The zero-order valence-electron chi connectivity index (χ0n) is 12.9. The summed E-state index contributed by atoms with van der Waals surface area (Å²) in [5, 5.41) is 9.00. The quantitative estimate of drug-likeness (QED) is 0.662. The van der Waals surface area contributed by atoms with Crippen molar-refractivity contribution in [2.75, 3.05) is 6.61 Å². The van der Waals surface area contributed by atoms with Crippen molar-refractivity contribution in [3.05, 3.63) is 59.7 Å². The molecule has 0 radical (unpaired) electrons. The molecule has 1 N–H and O–H groups in total. The number of cyclic esters (lactones) is 1. The monoisotopic (exact) mass is 316 g/mol. The molecule has 122 valence electrons. The number of aliphatic hydroxyl groups is 1. The first kappa shape index (κ1) is 15.9. The van der Waals surface area contributed by atoms with E-state index in [1.54, 1.807) is 25.2 Å². The highest BCUT2D eigenvalue weighted by molar-refractivity contribution is 5.92. The molecule has 0 amide bonds. The molecule has 0 bridgehead atoms. The Morgan fingerprint density at radius 3 is 2.83 bits per heavy atom. The highest BCUT2D eigenvalue weighted by atomic mass is 16.6. The molecule has 5 nitrogen and oxygen atoms in total. The molecule has 2 aliphatic rings. The first-order chi connectivity index (χ1) is 11.2. The van der Waals surface area contributed by atoms with E-state index in [1.165, 1.54) is 0 Å². The van der Waals surface area contributed by atoms with Crippen LogP contribution in [0.25, 0.3) is 0 Å². The Morgan fingerprint density at radius 2 is 2.09 bits per heavy atom. The van der Waals surface area contributed by atoms with E-state index in [1.807, 2.05) is 30.3 Å². The van der Waals surface area contributed by atoms with E-state index in [0.717, 1.165) is 5.56 Å². The summed E-state index contributed by atoms with van der Waals surface area (Å²) < 4.78 is 17.1. The minimum Gasteiger partial charge on any atom is -0.456 e. The number of aliphatic hydroxyl groups excluding tert-OH is 1. The number of hydrogen-bond acceptors (Lipinski definition) is 5. The van der Waals surface area contributed by atoms with Crippen molar-refractivity contribution in [1.82, 2.24) is 0 Å². The van der Waals surface area contributed by atoms with Gasteiger partial charge in [0.25, 0.3) is 0 Å². The van der Waals surface area contributed by atoms with Crippen LogP contribution >= 0.6 is 0 Å². The molecule has 1 fully saturated rings. The fourth-order valence-corrected chi connectivity index (χ4v) is 2.79. The lowest BCUT2D eigenvalue weighted by Gasteiger charge is -2.31. The van der Waals surface area contributed by atoms with Gasteiger partial charge in [0.15, 0.2) is 0 Å². The molecule has 0 saturated carbocycles. The maximum absolute atomic E-state index is 11.9. The Kier molecular flexibility index (Phi) is 4.91. The van der Waals surface area contributed by atoms with Crippen molar-refractivity contribution in [3.63, 3.8) is 0 Å². The summed E-state index contributed by atoms with van der Waals surface area (Å²) in [6.45, 7) is 2.15. The Bertz CT molecular complexity index is 607. The standard InChI is InChI=1S/C18H20O5/c1-12-17-14(18(20)22-12)10-16(15(23-17)8-5-9-19)21-11-13-6-3-2-4-7-13/h2-8,10,12,15-17,19H,9,11H2,1H3/b8-5+/t12-,15+,16+,17+/m0/s1. The van der Waals surface area contributed by atoms with Crippen molar-refractivity contribution >= 4 is 5.97 Å². The molecule has 5 heteroatoms. The van der Waals surface area contributed by atoms with E-state index >= 15 is 0 Å². The lowest BCUT2D eigenvalue weighted by Crippen LogP contribution is -2.40. The van der Waals surface area contributed by atoms with E-state index < -0.39 is 6.10 Å². The van der Waals surface area contributed by atoms with Gasteiger partial charge in [0.2, 0.25) is 0 Å². The van der Waals surface area contributed by atoms with Crippen LogP contribution in [-0.4, -0.2) is 42.1 Å². The predicted molar refractivity (Wildman–Crippen MR) is 83.5 cm³/mol. The normalized spacial score (nSPS) is 30.2. The predicted octanol–water partition coefficient (Wildman–Crippen LogP) is 1.76. The van der Waals surface area contributed by atoms with Crippen molar-refractivity contribution in [3.8, 4) is 0 Å². The summed E-state index contributed by atoms with van der Waals surface area (Å²) in [6, 6.07) is 9.80. The van der Waals surface area contributed by atoms with E-state index in [2.05, 4.69) is 0 Å². The zero-order valence-corrected chi connectivity index (χ0v) is 12.9. The molecule has 1 aromatic carbocycles. The van der Waals surface area contributed by atoms with Crippen LogP contribution in [0.3, 0.4) is 0 Å². The van der Waals surface area contributed by atoms with Gasteiger partial charge in [-0.25, -0.2) is 4.79 Å². The average molecular weight is 316 g/mol. The summed E-state index contributed by atoms with van der Waals surface area (Å²) >= 11 is 0. The van der Waals surface area contributed by atoms with Crippen molar-refractivity contribution in [1.29, 1.82) is 0 Å². The molecular formula is C18H20O5. The first-order valence-corrected chi connectivity index (χ1v) is 7.70. The van der Waals surface area contributed by atoms with Gasteiger partial charge in [-0.3, -0.25) is 0 Å². The Balaban J connectivity index is 1.77. The van der Waals surface area contributed by atoms with E-state index in [0.29, 0.717) is 12.2 Å². The van der Waals surface area contributed by atoms with E-state index in [4.69, 9.17) is 19.3 Å². The SMILES string of the molecule is C[C@@H]1OC(=O)C2=C[C@@H](OCc3ccccc3)[C@@H](/C=C/CO)O[C@@H]21. The van der Waals surface area contributed by atoms with Crippen LogP contribution in [0.5, 0.6) is 0 Å². The molecule has 1 saturated heterocycles. The number of rotatable bonds is 5. The van der Waals surface area contributed by atoms with Gasteiger partial charge in [-0.15, -0.1) is 0 Å². The number of ether oxygens (including phenoxy) is 3. The van der Waals surface area contributed by atoms with E-state index in [-0.39, 0.29) is 30.9 Å². The Labute approximate surface area is 135 Å². The molecule has 23 heavy (non-hydrogen) atoms. The molecule has 1 aromatic rings. The third kappa shape index (κ3) is 3.52. The van der Waals surface area contributed by atoms with Crippen LogP contribution in [0.4, 0.5) is 0 Å². The minimum atomic E-state index is -0.401. The smallest absolute Gasteiger partial charge is 0.336 e. The molecule has 4 atom stereocenters. The number of carbonyl (C=O) groups is 1. The van der Waals surface area contributed by atoms with Crippen LogP contribution < -0.4 is 0 Å². The van der Waals surface area contributed by atoms with Gasteiger partial charge in [0.1, 0.15) is 24.4 Å². The summed E-state index contributed by atoms with van der Waals surface area (Å²) in [5.41, 5.74) is 1.56. The molecule has 0 aromatic heterocycles. The van der Waals surface area contributed by atoms with E-state index in [9.17, 15) is 4.79 Å². The van der Waals surface area contributed by atoms with Crippen molar-refractivity contribution in [2.45, 2.75) is 37.9 Å². The molecule has 0 unspecified atom stereocenters. The molecular weight excluding hydrogens is 296 g/mol. The topological polar surface area (TPSA) is 65.0 Å². The maximum atomic E-state index is 11.9. The number of benzene rings is 1. The maximum Gasteiger partial charge on any atom is 0.336 e. The van der Waals surface area contributed by atoms with Gasteiger partial charge in [0, 0.05) is 0 Å². The first-order valence-electron chi connectivity index (χ1n) is 7.70. The van der Waals surface area contributed by atoms with Gasteiger partial charge < -0.3 is 19.3 Å². The highest BCUT2D eigenvalue weighted by Gasteiger charge is 2.44. The van der Waals surface area contributed by atoms with Gasteiger partial charge in [-0.1, -0.05) is 42.5 Å². The third-order valence-electron chi connectivity index (χ3n) is 3.95. The zero-order chi connectivity index (χ0) is 16.2. The molecule has 0 spiro atoms. The summed E-state index contributed by atoms with van der Waals surface area (Å²) in [4.78, 5) is 11.9. The molecule has 0 aliphatic carbocycles. The van der Waals surface area contributed by atoms with Gasteiger partial charge in [-0.05, 0) is 18.6 Å². The fourth-order valence-electron chi connectivity index (χ4n) is 2.79. The molecule has 2 heterocycles. The molecule has 2 aliphatic heterocycles. The third-order valence-corrected chi connectivity index (χ3v) is 3.95. The Hall–Kier alpha value is -1.95. The summed E-state index contributed by atoms with van der Waals surface area (Å²) in [6.07, 6.45) is 3.71. The second kappa shape index (κ2) is 7.08. The number of carbonyl (C=O) groups excluding carboxylic acids is 1. The van der Waals surface area contributed by atoms with Crippen LogP contribution in [0.15, 0.2) is 54.1 Å². The Morgan fingerprint density at radius 1 is 1.30 bits per heavy atom. The van der Waals surface area contributed by atoms with Crippen LogP contribution in [0.2, 0.25) is 0 Å². The number of hydrogen-bond donors (Lipinski definition) is 1. The van der Waals surface area contributed by atoms with Gasteiger partial charge in [0.05, 0.1) is 18.8 Å². The summed E-state index contributed by atoms with van der Waals surface area (Å²) in [5.74, 6) is -0.347. The van der Waals surface area contributed by atoms with Gasteiger partial charge >= 0.3 is 5.97 Å². The fraction of sp³-hybridized carbons (Fsp3) is 0.389. The van der Waals surface area contributed by atoms with Crippen molar-refractivity contribution in [2.24, 2.45) is 0 Å². The van der Waals surface area contributed by atoms with Crippen LogP contribution in [0.1, 0.15) is 12.5 Å². The number of fused-ring (bicyclic) bond motifs is 1. The largest absolute Gasteiger partial charge is 0.456 e. The van der Waals surface area contributed by atoms with Crippen molar-refractivity contribution < 1.29 is 24.1 Å². The second-order valence-electron chi connectivity index (χ2n) is 5.63. The molecule has 3 rings (SSSR count). The minimum absolute atomic E-state index is 0.0719. The summed E-state index contributed by atoms with van der Waals surface area (Å²) in [7, 11) is 0. The average Bonchev–Trinajstić information content (AvgIpc) is 2.85. The lowest BCUT2D eigenvalue weighted by molar-refractivity contribution is -0.139.